The second-order valence-electron chi connectivity index (χ2n) is 6.02. The van der Waals surface area contributed by atoms with E-state index in [0.29, 0.717) is 5.92 Å². The van der Waals surface area contributed by atoms with Gasteiger partial charge in [0, 0.05) is 36.7 Å². The molecule has 0 saturated heterocycles. The summed E-state index contributed by atoms with van der Waals surface area (Å²) in [6.45, 7) is 6.55. The van der Waals surface area contributed by atoms with Gasteiger partial charge in [-0.1, -0.05) is 20.3 Å². The fourth-order valence-electron chi connectivity index (χ4n) is 3.59. The van der Waals surface area contributed by atoms with Gasteiger partial charge in [-0.15, -0.1) is 0 Å². The van der Waals surface area contributed by atoms with E-state index in [1.54, 1.807) is 0 Å². The van der Waals surface area contributed by atoms with Crippen molar-refractivity contribution in [3.8, 4) is 0 Å². The lowest BCUT2D eigenvalue weighted by atomic mass is 9.99. The third kappa shape index (κ3) is 2.53. The highest BCUT2D eigenvalue weighted by molar-refractivity contribution is 5.29. The van der Waals surface area contributed by atoms with Crippen molar-refractivity contribution in [2.45, 2.75) is 64.8 Å². The Morgan fingerprint density at radius 3 is 2.84 bits per heavy atom. The van der Waals surface area contributed by atoms with Crippen LogP contribution in [0.4, 0.5) is 0 Å². The minimum Gasteiger partial charge on any atom is -0.312 e. The molecule has 0 radical (unpaired) electrons. The first-order chi connectivity index (χ1) is 9.31. The molecule has 1 fully saturated rings. The Balaban J connectivity index is 1.90. The van der Waals surface area contributed by atoms with E-state index in [-0.39, 0.29) is 0 Å². The number of aryl methyl sites for hydroxylation is 1. The molecule has 1 aromatic heterocycles. The van der Waals surface area contributed by atoms with E-state index in [1.165, 1.54) is 42.6 Å². The van der Waals surface area contributed by atoms with Crippen LogP contribution >= 0.6 is 0 Å². The summed E-state index contributed by atoms with van der Waals surface area (Å²) in [5.41, 5.74) is 3.98. The first-order valence-electron chi connectivity index (χ1n) is 7.91. The molecule has 3 heteroatoms. The number of aromatic nitrogens is 2. The summed E-state index contributed by atoms with van der Waals surface area (Å²) >= 11 is 0. The number of hydrogen-bond acceptors (Lipinski definition) is 3. The minimum atomic E-state index is 0.621. The highest BCUT2D eigenvalue weighted by Gasteiger charge is 2.28. The zero-order chi connectivity index (χ0) is 13.2. The van der Waals surface area contributed by atoms with Crippen LogP contribution in [-0.2, 0) is 19.4 Å². The number of nitrogens with one attached hydrogen (secondary N) is 1. The average Bonchev–Trinajstić information content (AvgIpc) is 2.95. The maximum Gasteiger partial charge on any atom is 0.131 e. The monoisotopic (exact) mass is 259 g/mol. The number of rotatable bonds is 3. The van der Waals surface area contributed by atoms with E-state index in [2.05, 4.69) is 19.2 Å². The summed E-state index contributed by atoms with van der Waals surface area (Å²) in [6.07, 6.45) is 7.37. The van der Waals surface area contributed by atoms with E-state index in [9.17, 15) is 0 Å². The molecular weight excluding hydrogens is 234 g/mol. The molecule has 104 valence electrons. The van der Waals surface area contributed by atoms with Crippen molar-refractivity contribution in [3.63, 3.8) is 0 Å². The van der Waals surface area contributed by atoms with Gasteiger partial charge in [0.2, 0.25) is 0 Å². The van der Waals surface area contributed by atoms with Crippen molar-refractivity contribution < 1.29 is 0 Å². The summed E-state index contributed by atoms with van der Waals surface area (Å²) in [7, 11) is 0. The van der Waals surface area contributed by atoms with Crippen LogP contribution in [0.1, 0.15) is 68.2 Å². The van der Waals surface area contributed by atoms with Crippen LogP contribution in [0.5, 0.6) is 0 Å². The zero-order valence-corrected chi connectivity index (χ0v) is 12.2. The van der Waals surface area contributed by atoms with E-state index < -0.39 is 0 Å². The van der Waals surface area contributed by atoms with Crippen molar-refractivity contribution in [3.05, 3.63) is 22.8 Å². The van der Waals surface area contributed by atoms with E-state index in [0.717, 1.165) is 37.7 Å². The van der Waals surface area contributed by atoms with Crippen LogP contribution in [-0.4, -0.2) is 16.5 Å². The minimum absolute atomic E-state index is 0.621. The molecule has 19 heavy (non-hydrogen) atoms. The van der Waals surface area contributed by atoms with Crippen molar-refractivity contribution >= 4 is 0 Å². The van der Waals surface area contributed by atoms with Gasteiger partial charge in [0.15, 0.2) is 0 Å². The van der Waals surface area contributed by atoms with E-state index >= 15 is 0 Å². The van der Waals surface area contributed by atoms with Crippen LogP contribution < -0.4 is 5.32 Å². The fourth-order valence-corrected chi connectivity index (χ4v) is 3.59. The second-order valence-corrected chi connectivity index (χ2v) is 6.02. The van der Waals surface area contributed by atoms with Gasteiger partial charge in [-0.3, -0.25) is 0 Å². The highest BCUT2D eigenvalue weighted by Crippen LogP contribution is 2.38. The summed E-state index contributed by atoms with van der Waals surface area (Å²) in [6, 6.07) is 0. The quantitative estimate of drug-likeness (QED) is 0.907. The molecule has 1 saturated carbocycles. The molecule has 2 atom stereocenters. The van der Waals surface area contributed by atoms with Crippen LogP contribution in [0.3, 0.4) is 0 Å². The first kappa shape index (κ1) is 13.0. The van der Waals surface area contributed by atoms with Crippen LogP contribution in [0, 0.1) is 5.92 Å². The molecular formula is C16H25N3. The van der Waals surface area contributed by atoms with Gasteiger partial charge in [0.25, 0.3) is 0 Å². The van der Waals surface area contributed by atoms with Gasteiger partial charge in [0.1, 0.15) is 5.82 Å². The Hall–Kier alpha value is -0.960. The largest absolute Gasteiger partial charge is 0.312 e. The summed E-state index contributed by atoms with van der Waals surface area (Å²) in [5, 5.41) is 3.44. The van der Waals surface area contributed by atoms with Crippen molar-refractivity contribution in [2.24, 2.45) is 5.92 Å². The molecule has 2 heterocycles. The smallest absolute Gasteiger partial charge is 0.131 e. The van der Waals surface area contributed by atoms with Gasteiger partial charge < -0.3 is 5.32 Å². The predicted octanol–water partition coefficient (Wildman–Crippen LogP) is 2.98. The summed E-state index contributed by atoms with van der Waals surface area (Å²) < 4.78 is 0. The molecule has 0 spiro atoms. The maximum absolute atomic E-state index is 4.92. The lowest BCUT2D eigenvalue weighted by Gasteiger charge is -2.21. The van der Waals surface area contributed by atoms with Gasteiger partial charge >= 0.3 is 0 Å². The maximum atomic E-state index is 4.92. The molecule has 0 aromatic carbocycles. The summed E-state index contributed by atoms with van der Waals surface area (Å²) in [4.78, 5) is 9.83. The van der Waals surface area contributed by atoms with Crippen LogP contribution in [0.25, 0.3) is 0 Å². The Morgan fingerprint density at radius 2 is 2.11 bits per heavy atom. The molecule has 0 bridgehead atoms. The predicted molar refractivity (Wildman–Crippen MR) is 77.2 cm³/mol. The van der Waals surface area contributed by atoms with Crippen LogP contribution in [0.15, 0.2) is 0 Å². The van der Waals surface area contributed by atoms with E-state index in [4.69, 9.17) is 9.97 Å². The molecule has 3 rings (SSSR count). The van der Waals surface area contributed by atoms with Gasteiger partial charge in [-0.2, -0.15) is 0 Å². The topological polar surface area (TPSA) is 37.8 Å². The number of fused-ring (bicyclic) bond motifs is 1. The standard InChI is InChI=1S/C16H25N3/c1-3-11-5-6-12(9-11)16-18-14(4-2)13-10-17-8-7-15(13)19-16/h11-12,17H,3-10H2,1-2H3. The Labute approximate surface area is 116 Å². The molecule has 0 amide bonds. The third-order valence-electron chi connectivity index (χ3n) is 4.85. The van der Waals surface area contributed by atoms with Crippen molar-refractivity contribution in [2.75, 3.05) is 6.54 Å². The van der Waals surface area contributed by atoms with Gasteiger partial charge in [-0.25, -0.2) is 9.97 Å². The lowest BCUT2D eigenvalue weighted by molar-refractivity contribution is 0.513. The van der Waals surface area contributed by atoms with Crippen molar-refractivity contribution in [1.29, 1.82) is 0 Å². The van der Waals surface area contributed by atoms with Crippen molar-refractivity contribution in [1.82, 2.24) is 15.3 Å². The first-order valence-corrected chi connectivity index (χ1v) is 7.91. The molecule has 2 aliphatic rings. The van der Waals surface area contributed by atoms with Gasteiger partial charge in [0.05, 0.1) is 5.69 Å². The van der Waals surface area contributed by atoms with E-state index in [1.807, 2.05) is 0 Å². The van der Waals surface area contributed by atoms with Gasteiger partial charge in [-0.05, 0) is 31.6 Å². The zero-order valence-electron chi connectivity index (χ0n) is 12.2. The molecule has 1 N–H and O–H groups in total. The Kier molecular flexibility index (Phi) is 3.83. The fraction of sp³-hybridized carbons (Fsp3) is 0.750. The Bertz CT molecular complexity index is 438. The molecule has 2 unspecified atom stereocenters. The highest BCUT2D eigenvalue weighted by atomic mass is 15.0. The molecule has 1 aliphatic heterocycles. The molecule has 3 nitrogen and oxygen atoms in total. The average molecular weight is 259 g/mol. The second kappa shape index (κ2) is 5.58. The number of hydrogen-bond donors (Lipinski definition) is 1. The normalized spacial score (nSPS) is 26.4. The lowest BCUT2D eigenvalue weighted by Crippen LogP contribution is -2.27. The molecule has 1 aliphatic carbocycles. The number of nitrogens with zero attached hydrogens (tertiary/aromatic N) is 2. The Morgan fingerprint density at radius 1 is 1.21 bits per heavy atom. The third-order valence-corrected chi connectivity index (χ3v) is 4.85. The summed E-state index contributed by atoms with van der Waals surface area (Å²) in [5.74, 6) is 2.67. The SMILES string of the molecule is CCc1nc(C2CCC(CC)C2)nc2c1CNCC2. The molecule has 1 aromatic rings. The van der Waals surface area contributed by atoms with Crippen LogP contribution in [0.2, 0.25) is 0 Å².